The smallest absolute Gasteiger partial charge is 0.238 e. The molecular weight excluding hydrogens is 830 g/mol. The number of alkyl halides is 1. The van der Waals surface area contributed by atoms with Crippen molar-refractivity contribution in [3.05, 3.63) is 169 Å². The van der Waals surface area contributed by atoms with E-state index < -0.39 is 0 Å². The Hall–Kier alpha value is -5.77. The van der Waals surface area contributed by atoms with Crippen LogP contribution in [0.3, 0.4) is 0 Å². The Bertz CT molecular complexity index is 3010. The molecule has 1 atom stereocenters. The predicted molar refractivity (Wildman–Crippen MR) is 244 cm³/mol. The molecule has 0 saturated heterocycles. The van der Waals surface area contributed by atoms with E-state index in [2.05, 4.69) is 174 Å². The minimum Gasteiger partial charge on any atom is -0.327 e. The summed E-state index contributed by atoms with van der Waals surface area (Å²) in [6.07, 6.45) is 0. The molecule has 3 heterocycles. The molecule has 11 rings (SSSR count). The Morgan fingerprint density at radius 2 is 1.14 bits per heavy atom. The van der Waals surface area contributed by atoms with Crippen LogP contribution in [0.15, 0.2) is 168 Å². The second kappa shape index (κ2) is 13.1. The Morgan fingerprint density at radius 1 is 0.526 bits per heavy atom. The van der Waals surface area contributed by atoms with Gasteiger partial charge in [0.1, 0.15) is 0 Å². The van der Waals surface area contributed by atoms with Crippen molar-refractivity contribution >= 4 is 67.5 Å². The summed E-state index contributed by atoms with van der Waals surface area (Å²) >= 11 is 4.38. The van der Waals surface area contributed by atoms with Crippen molar-refractivity contribution in [3.8, 4) is 51.0 Å². The molecule has 0 amide bonds. The fourth-order valence-electron chi connectivity index (χ4n) is 8.85. The number of halogens is 1. The predicted octanol–water partition coefficient (Wildman–Crippen LogP) is 13.7. The van der Waals surface area contributed by atoms with Crippen LogP contribution in [-0.2, 0) is 5.41 Å². The van der Waals surface area contributed by atoms with Crippen molar-refractivity contribution in [1.82, 2.24) is 19.5 Å². The summed E-state index contributed by atoms with van der Waals surface area (Å²) in [7, 11) is 0. The topological polar surface area (TPSA) is 46.8 Å². The highest BCUT2D eigenvalue weighted by Crippen LogP contribution is 2.53. The van der Waals surface area contributed by atoms with E-state index in [1.54, 1.807) is 0 Å². The van der Waals surface area contributed by atoms with E-state index in [0.29, 0.717) is 21.6 Å². The van der Waals surface area contributed by atoms with Crippen LogP contribution in [0.2, 0.25) is 0 Å². The molecule has 0 bridgehead atoms. The Labute approximate surface area is 349 Å². The first kappa shape index (κ1) is 34.5. The highest BCUT2D eigenvalue weighted by Gasteiger charge is 2.36. The minimum absolute atomic E-state index is 0.145. The second-order valence-electron chi connectivity index (χ2n) is 15.4. The third kappa shape index (κ3) is 5.46. The van der Waals surface area contributed by atoms with E-state index in [4.69, 9.17) is 15.0 Å². The van der Waals surface area contributed by atoms with Crippen LogP contribution >= 0.6 is 34.4 Å². The van der Waals surface area contributed by atoms with E-state index in [0.717, 1.165) is 22.2 Å². The lowest BCUT2D eigenvalue weighted by Crippen LogP contribution is -2.25. The molecule has 9 aromatic rings. The monoisotopic (exact) mass is 865 g/mol. The molecular formula is C50H36IN5S. The molecule has 2 aliphatic rings. The van der Waals surface area contributed by atoms with Gasteiger partial charge in [0, 0.05) is 37.1 Å². The van der Waals surface area contributed by atoms with Gasteiger partial charge in [-0.05, 0) is 88.8 Å². The number of fused-ring (bicyclic) bond motifs is 8. The summed E-state index contributed by atoms with van der Waals surface area (Å²) in [5.74, 6) is 1.88. The SMILES string of the molecule is CC(I)N1c2ccccc2Sc2cc(-c3ccc4c(c3)c3cc5c(cc3n4-c3nc(-c4ccccc4)nc(-c4ccccc4)n3)-c3ccccc3C5(C)C)ccc21. The van der Waals surface area contributed by atoms with E-state index >= 15 is 0 Å². The Balaban J connectivity index is 1.16. The number of hydrogen-bond acceptors (Lipinski definition) is 5. The number of para-hydroxylation sites is 1. The molecule has 0 fully saturated rings. The van der Waals surface area contributed by atoms with Gasteiger partial charge in [-0.15, -0.1) is 0 Å². The zero-order valence-corrected chi connectivity index (χ0v) is 34.6. The molecule has 0 saturated carbocycles. The lowest BCUT2D eigenvalue weighted by atomic mass is 9.82. The van der Waals surface area contributed by atoms with Crippen LogP contribution < -0.4 is 4.90 Å². The van der Waals surface area contributed by atoms with Crippen LogP contribution in [0.1, 0.15) is 31.9 Å². The molecule has 57 heavy (non-hydrogen) atoms. The van der Waals surface area contributed by atoms with Gasteiger partial charge in [0.2, 0.25) is 5.95 Å². The summed E-state index contributed by atoms with van der Waals surface area (Å²) in [6.45, 7) is 6.95. The van der Waals surface area contributed by atoms with Crippen molar-refractivity contribution in [3.63, 3.8) is 0 Å². The first-order chi connectivity index (χ1) is 27.8. The van der Waals surface area contributed by atoms with Crippen LogP contribution in [0.4, 0.5) is 11.4 Å². The highest BCUT2D eigenvalue weighted by atomic mass is 127. The average Bonchev–Trinajstić information content (AvgIpc) is 3.69. The molecule has 2 aromatic heterocycles. The number of nitrogens with zero attached hydrogens (tertiary/aromatic N) is 5. The molecule has 1 unspecified atom stereocenters. The molecule has 274 valence electrons. The Morgan fingerprint density at radius 3 is 1.88 bits per heavy atom. The standard InChI is InChI=1S/C50H36IN5S/c1-30(51)55-42-20-12-13-21-45(42)57-46-27-34(23-25-43(46)55)33-22-24-41-37(26-33)38-28-40-36(35-18-10-11-19-39(35)50(40,2)3)29-44(38)56(41)49-53-47(31-14-6-4-7-15-31)52-48(54-49)32-16-8-5-9-17-32/h4-30H,1-3H3. The summed E-state index contributed by atoms with van der Waals surface area (Å²) in [6, 6.07) is 56.6. The maximum Gasteiger partial charge on any atom is 0.238 e. The van der Waals surface area contributed by atoms with E-state index in [9.17, 15) is 0 Å². The maximum absolute atomic E-state index is 5.24. The molecule has 0 N–H and O–H groups in total. The van der Waals surface area contributed by atoms with Crippen LogP contribution in [0.5, 0.6) is 0 Å². The summed E-state index contributed by atoms with van der Waals surface area (Å²) in [5, 5.41) is 2.35. The van der Waals surface area contributed by atoms with Gasteiger partial charge in [-0.3, -0.25) is 4.57 Å². The third-order valence-corrected chi connectivity index (χ3v) is 13.3. The number of hydrogen-bond donors (Lipinski definition) is 0. The molecule has 0 radical (unpaired) electrons. The van der Waals surface area contributed by atoms with Gasteiger partial charge < -0.3 is 4.90 Å². The van der Waals surface area contributed by atoms with Gasteiger partial charge in [-0.2, -0.15) is 9.97 Å². The van der Waals surface area contributed by atoms with Gasteiger partial charge >= 0.3 is 0 Å². The van der Waals surface area contributed by atoms with E-state index in [1.807, 2.05) is 48.2 Å². The Kier molecular flexibility index (Phi) is 7.95. The molecule has 0 spiro atoms. The minimum atomic E-state index is -0.145. The lowest BCUT2D eigenvalue weighted by Gasteiger charge is -2.35. The normalized spacial score (nSPS) is 14.3. The van der Waals surface area contributed by atoms with E-state index in [-0.39, 0.29) is 5.41 Å². The van der Waals surface area contributed by atoms with Crippen molar-refractivity contribution in [2.75, 3.05) is 4.90 Å². The van der Waals surface area contributed by atoms with Gasteiger partial charge in [0.15, 0.2) is 11.6 Å². The van der Waals surface area contributed by atoms with Gasteiger partial charge in [0.05, 0.1) is 26.5 Å². The quantitative estimate of drug-likeness (QED) is 0.0980. The largest absolute Gasteiger partial charge is 0.327 e. The zero-order valence-electron chi connectivity index (χ0n) is 31.6. The lowest BCUT2D eigenvalue weighted by molar-refractivity contribution is 0.661. The van der Waals surface area contributed by atoms with Crippen molar-refractivity contribution in [2.24, 2.45) is 0 Å². The molecule has 5 nitrogen and oxygen atoms in total. The summed E-state index contributed by atoms with van der Waals surface area (Å²) in [4.78, 5) is 20.5. The average molecular weight is 866 g/mol. The van der Waals surface area contributed by atoms with Gasteiger partial charge in [0.25, 0.3) is 0 Å². The van der Waals surface area contributed by atoms with Crippen LogP contribution in [0.25, 0.3) is 72.8 Å². The van der Waals surface area contributed by atoms with Crippen molar-refractivity contribution in [2.45, 2.75) is 40.0 Å². The fraction of sp³-hybridized carbons (Fsp3) is 0.100. The van der Waals surface area contributed by atoms with Crippen LogP contribution in [-0.4, -0.2) is 23.6 Å². The molecule has 7 aromatic carbocycles. The second-order valence-corrected chi connectivity index (χ2v) is 18.3. The van der Waals surface area contributed by atoms with Crippen molar-refractivity contribution < 1.29 is 0 Å². The molecule has 1 aliphatic heterocycles. The summed E-state index contributed by atoms with van der Waals surface area (Å²) < 4.78 is 2.55. The van der Waals surface area contributed by atoms with E-state index in [1.165, 1.54) is 65.3 Å². The van der Waals surface area contributed by atoms with Crippen LogP contribution in [0, 0.1) is 0 Å². The number of rotatable bonds is 5. The summed E-state index contributed by atoms with van der Waals surface area (Å²) in [5.41, 5.74) is 14.0. The number of benzene rings is 7. The molecule has 7 heteroatoms. The maximum atomic E-state index is 5.24. The third-order valence-electron chi connectivity index (χ3n) is 11.6. The number of anilines is 2. The van der Waals surface area contributed by atoms with Crippen molar-refractivity contribution in [1.29, 1.82) is 0 Å². The zero-order chi connectivity index (χ0) is 38.4. The number of aromatic nitrogens is 4. The first-order valence-electron chi connectivity index (χ1n) is 19.3. The molecule has 1 aliphatic carbocycles. The van der Waals surface area contributed by atoms with Gasteiger partial charge in [-0.1, -0.05) is 157 Å². The highest BCUT2D eigenvalue weighted by molar-refractivity contribution is 14.1. The van der Waals surface area contributed by atoms with Gasteiger partial charge in [-0.25, -0.2) is 4.98 Å². The fourth-order valence-corrected chi connectivity index (χ4v) is 10.6. The first-order valence-corrected chi connectivity index (χ1v) is 21.3.